The SMILES string of the molecule is NCC(N)C(N)(O)Cc1ccccc1. The van der Waals surface area contributed by atoms with Gasteiger partial charge in [-0.1, -0.05) is 30.3 Å². The Morgan fingerprint density at radius 2 is 1.86 bits per heavy atom. The number of hydrogen-bond acceptors (Lipinski definition) is 4. The Balaban J connectivity index is 2.68. The monoisotopic (exact) mass is 195 g/mol. The van der Waals surface area contributed by atoms with Crippen LogP contribution in [0.1, 0.15) is 5.56 Å². The second-order valence-electron chi connectivity index (χ2n) is 3.50. The lowest BCUT2D eigenvalue weighted by Crippen LogP contribution is -2.59. The summed E-state index contributed by atoms with van der Waals surface area (Å²) in [7, 11) is 0. The molecule has 0 saturated carbocycles. The van der Waals surface area contributed by atoms with Crippen LogP contribution < -0.4 is 17.2 Å². The van der Waals surface area contributed by atoms with Crippen LogP contribution in [0.4, 0.5) is 0 Å². The summed E-state index contributed by atoms with van der Waals surface area (Å²) >= 11 is 0. The Kier molecular flexibility index (Phi) is 3.60. The molecular weight excluding hydrogens is 178 g/mol. The second-order valence-corrected chi connectivity index (χ2v) is 3.50. The maximum atomic E-state index is 9.81. The number of benzene rings is 1. The van der Waals surface area contributed by atoms with Gasteiger partial charge in [0.25, 0.3) is 0 Å². The summed E-state index contributed by atoms with van der Waals surface area (Å²) in [4.78, 5) is 0. The van der Waals surface area contributed by atoms with Crippen LogP contribution in [0.2, 0.25) is 0 Å². The van der Waals surface area contributed by atoms with E-state index >= 15 is 0 Å². The van der Waals surface area contributed by atoms with E-state index in [1.54, 1.807) is 0 Å². The van der Waals surface area contributed by atoms with E-state index in [1.807, 2.05) is 30.3 Å². The molecule has 1 rings (SSSR count). The van der Waals surface area contributed by atoms with Crippen LogP contribution in [-0.4, -0.2) is 23.4 Å². The largest absolute Gasteiger partial charge is 0.374 e. The Bertz CT molecular complexity index is 274. The van der Waals surface area contributed by atoms with Gasteiger partial charge < -0.3 is 22.3 Å². The Labute approximate surface area is 83.7 Å². The van der Waals surface area contributed by atoms with Gasteiger partial charge in [0.2, 0.25) is 0 Å². The second kappa shape index (κ2) is 4.52. The van der Waals surface area contributed by atoms with Gasteiger partial charge in [-0.2, -0.15) is 0 Å². The van der Waals surface area contributed by atoms with Crippen LogP contribution in [0, 0.1) is 0 Å². The number of rotatable bonds is 4. The summed E-state index contributed by atoms with van der Waals surface area (Å²) in [5, 5.41) is 9.81. The Hall–Kier alpha value is -0.940. The summed E-state index contributed by atoms with van der Waals surface area (Å²) in [5.74, 6) is 0. The molecule has 78 valence electrons. The highest BCUT2D eigenvalue weighted by molar-refractivity contribution is 5.17. The fraction of sp³-hybridized carbons (Fsp3) is 0.400. The van der Waals surface area contributed by atoms with Crippen LogP contribution in [0.3, 0.4) is 0 Å². The van der Waals surface area contributed by atoms with Crippen molar-refractivity contribution in [2.45, 2.75) is 18.2 Å². The molecule has 0 bridgehead atoms. The zero-order chi connectivity index (χ0) is 10.6. The highest BCUT2D eigenvalue weighted by Gasteiger charge is 2.28. The van der Waals surface area contributed by atoms with Gasteiger partial charge in [-0.3, -0.25) is 0 Å². The van der Waals surface area contributed by atoms with E-state index in [0.717, 1.165) is 5.56 Å². The van der Waals surface area contributed by atoms with E-state index in [0.29, 0.717) is 6.42 Å². The van der Waals surface area contributed by atoms with Crippen LogP contribution in [0.25, 0.3) is 0 Å². The summed E-state index contributed by atoms with van der Waals surface area (Å²) in [6.45, 7) is 0.167. The molecule has 7 N–H and O–H groups in total. The Morgan fingerprint density at radius 1 is 1.29 bits per heavy atom. The van der Waals surface area contributed by atoms with E-state index in [4.69, 9.17) is 17.2 Å². The molecule has 0 aliphatic rings. The van der Waals surface area contributed by atoms with Gasteiger partial charge in [0.05, 0.1) is 6.04 Å². The third-order valence-electron chi connectivity index (χ3n) is 2.23. The van der Waals surface area contributed by atoms with E-state index in [9.17, 15) is 5.11 Å². The van der Waals surface area contributed by atoms with Crippen molar-refractivity contribution >= 4 is 0 Å². The smallest absolute Gasteiger partial charge is 0.134 e. The fourth-order valence-corrected chi connectivity index (χ4v) is 1.26. The van der Waals surface area contributed by atoms with Crippen LogP contribution in [-0.2, 0) is 6.42 Å². The Morgan fingerprint density at radius 3 is 2.36 bits per heavy atom. The standard InChI is InChI=1S/C10H17N3O/c11-7-9(12)10(13,14)6-8-4-2-1-3-5-8/h1-5,9,14H,6-7,11-13H2. The number of hydrogen-bond donors (Lipinski definition) is 4. The minimum absolute atomic E-state index is 0.167. The maximum Gasteiger partial charge on any atom is 0.134 e. The lowest BCUT2D eigenvalue weighted by atomic mass is 9.97. The van der Waals surface area contributed by atoms with Gasteiger partial charge in [-0.05, 0) is 5.56 Å². The highest BCUT2D eigenvalue weighted by Crippen LogP contribution is 2.10. The molecule has 0 aromatic heterocycles. The molecular formula is C10H17N3O. The summed E-state index contributed by atoms with van der Waals surface area (Å²) < 4.78 is 0. The summed E-state index contributed by atoms with van der Waals surface area (Å²) in [5.41, 5.74) is 16.1. The maximum absolute atomic E-state index is 9.81. The average molecular weight is 195 g/mol. The van der Waals surface area contributed by atoms with Crippen molar-refractivity contribution in [3.63, 3.8) is 0 Å². The van der Waals surface area contributed by atoms with Crippen molar-refractivity contribution in [3.05, 3.63) is 35.9 Å². The first kappa shape index (κ1) is 11.1. The van der Waals surface area contributed by atoms with Gasteiger partial charge in [0.15, 0.2) is 0 Å². The number of aliphatic hydroxyl groups is 1. The van der Waals surface area contributed by atoms with Crippen LogP contribution >= 0.6 is 0 Å². The van der Waals surface area contributed by atoms with Crippen molar-refractivity contribution < 1.29 is 5.11 Å². The van der Waals surface area contributed by atoms with E-state index in [-0.39, 0.29) is 6.54 Å². The molecule has 4 heteroatoms. The molecule has 0 amide bonds. The zero-order valence-corrected chi connectivity index (χ0v) is 8.06. The molecule has 1 aromatic carbocycles. The molecule has 14 heavy (non-hydrogen) atoms. The minimum atomic E-state index is -1.43. The highest BCUT2D eigenvalue weighted by atomic mass is 16.3. The van der Waals surface area contributed by atoms with Crippen molar-refractivity contribution in [2.24, 2.45) is 17.2 Å². The zero-order valence-electron chi connectivity index (χ0n) is 8.06. The molecule has 0 heterocycles. The average Bonchev–Trinajstić information content (AvgIpc) is 2.17. The van der Waals surface area contributed by atoms with Crippen molar-refractivity contribution in [3.8, 4) is 0 Å². The predicted molar refractivity (Wildman–Crippen MR) is 56.3 cm³/mol. The molecule has 4 nitrogen and oxygen atoms in total. The normalized spacial score (nSPS) is 17.4. The van der Waals surface area contributed by atoms with E-state index in [2.05, 4.69) is 0 Å². The van der Waals surface area contributed by atoms with Gasteiger partial charge >= 0.3 is 0 Å². The first-order chi connectivity index (χ1) is 6.56. The lowest BCUT2D eigenvalue weighted by molar-refractivity contribution is 0.0232. The quantitative estimate of drug-likeness (QED) is 0.471. The van der Waals surface area contributed by atoms with E-state index in [1.165, 1.54) is 0 Å². The third-order valence-corrected chi connectivity index (χ3v) is 2.23. The molecule has 0 spiro atoms. The molecule has 0 radical (unpaired) electrons. The first-order valence-electron chi connectivity index (χ1n) is 4.57. The first-order valence-corrected chi connectivity index (χ1v) is 4.57. The molecule has 0 fully saturated rings. The molecule has 1 aromatic rings. The van der Waals surface area contributed by atoms with Crippen molar-refractivity contribution in [1.29, 1.82) is 0 Å². The van der Waals surface area contributed by atoms with Crippen LogP contribution in [0.15, 0.2) is 30.3 Å². The van der Waals surface area contributed by atoms with E-state index < -0.39 is 11.8 Å². The van der Waals surface area contributed by atoms with Gasteiger partial charge in [-0.15, -0.1) is 0 Å². The summed E-state index contributed by atoms with van der Waals surface area (Å²) in [6, 6.07) is 8.85. The van der Waals surface area contributed by atoms with Gasteiger partial charge in [0, 0.05) is 13.0 Å². The molecule has 2 atom stereocenters. The van der Waals surface area contributed by atoms with Crippen LogP contribution in [0.5, 0.6) is 0 Å². The third kappa shape index (κ3) is 2.78. The van der Waals surface area contributed by atoms with Crippen molar-refractivity contribution in [1.82, 2.24) is 0 Å². The lowest BCUT2D eigenvalue weighted by Gasteiger charge is -2.28. The predicted octanol–water partition coefficient (Wildman–Crippen LogP) is -0.838. The summed E-state index contributed by atoms with van der Waals surface area (Å²) in [6.07, 6.45) is 0.312. The van der Waals surface area contributed by atoms with Crippen molar-refractivity contribution in [2.75, 3.05) is 6.54 Å². The molecule has 0 saturated heterocycles. The topological polar surface area (TPSA) is 98.3 Å². The fourth-order valence-electron chi connectivity index (χ4n) is 1.26. The molecule has 2 unspecified atom stereocenters. The van der Waals surface area contributed by atoms with Gasteiger partial charge in [-0.25, -0.2) is 0 Å². The molecule has 0 aliphatic heterocycles. The molecule has 0 aliphatic carbocycles. The number of nitrogens with two attached hydrogens (primary N) is 3. The minimum Gasteiger partial charge on any atom is -0.374 e. The van der Waals surface area contributed by atoms with Gasteiger partial charge in [0.1, 0.15) is 5.72 Å².